The summed E-state index contributed by atoms with van der Waals surface area (Å²) in [5, 5.41) is 13.0. The normalized spacial score (nSPS) is 11.2. The number of nitrogens with zero attached hydrogens (tertiary/aromatic N) is 3. The fourth-order valence-electron chi connectivity index (χ4n) is 1.45. The molecule has 16 heavy (non-hydrogen) atoms. The number of hydrogen-bond donors (Lipinski definition) is 2. The predicted octanol–water partition coefficient (Wildman–Crippen LogP) is 1.13. The lowest BCUT2D eigenvalue weighted by Crippen LogP contribution is -2.10. The predicted molar refractivity (Wildman–Crippen MR) is 58.4 cm³/mol. The fraction of sp³-hybridized carbons (Fsp3) is 0.300. The van der Waals surface area contributed by atoms with Crippen molar-refractivity contribution in [2.24, 2.45) is 0 Å². The maximum atomic E-state index is 11.1. The van der Waals surface area contributed by atoms with Gasteiger partial charge in [0, 0.05) is 5.69 Å². The maximum absolute atomic E-state index is 11.1. The van der Waals surface area contributed by atoms with Gasteiger partial charge in [-0.15, -0.1) is 0 Å². The van der Waals surface area contributed by atoms with Crippen molar-refractivity contribution in [3.63, 3.8) is 0 Å². The van der Waals surface area contributed by atoms with Gasteiger partial charge in [-0.05, 0) is 12.0 Å². The van der Waals surface area contributed by atoms with Gasteiger partial charge in [-0.3, -0.25) is 0 Å². The molecule has 0 atom stereocenters. The van der Waals surface area contributed by atoms with Gasteiger partial charge in [0.1, 0.15) is 0 Å². The maximum Gasteiger partial charge on any atom is 0.354 e. The summed E-state index contributed by atoms with van der Waals surface area (Å²) in [6, 6.07) is 1.52. The first-order valence-corrected chi connectivity index (χ1v) is 4.88. The number of rotatable bonds is 2. The number of carbonyl (C=O) groups is 1. The van der Waals surface area contributed by atoms with Crippen LogP contribution in [0.5, 0.6) is 0 Å². The highest BCUT2D eigenvalue weighted by Gasteiger charge is 2.15. The van der Waals surface area contributed by atoms with Gasteiger partial charge >= 0.3 is 5.97 Å². The summed E-state index contributed by atoms with van der Waals surface area (Å²) in [5.74, 6) is -0.908. The molecule has 3 N–H and O–H groups in total. The highest BCUT2D eigenvalue weighted by molar-refractivity contribution is 5.87. The van der Waals surface area contributed by atoms with Crippen LogP contribution in [-0.4, -0.2) is 25.7 Å². The molecule has 0 aromatic carbocycles. The van der Waals surface area contributed by atoms with Gasteiger partial charge in [-0.2, -0.15) is 5.10 Å². The molecule has 2 aromatic heterocycles. The van der Waals surface area contributed by atoms with E-state index in [9.17, 15) is 4.79 Å². The van der Waals surface area contributed by atoms with Crippen LogP contribution in [0.1, 0.15) is 35.9 Å². The van der Waals surface area contributed by atoms with E-state index in [-0.39, 0.29) is 11.6 Å². The van der Waals surface area contributed by atoms with E-state index in [4.69, 9.17) is 10.8 Å². The number of carboxylic acid groups (broad SMARTS) is 1. The van der Waals surface area contributed by atoms with Crippen molar-refractivity contribution in [3.8, 4) is 0 Å². The minimum absolute atomic E-state index is 0.0744. The second kappa shape index (κ2) is 3.48. The molecule has 6 nitrogen and oxygen atoms in total. The molecule has 0 radical (unpaired) electrons. The van der Waals surface area contributed by atoms with Crippen LogP contribution in [0.25, 0.3) is 5.65 Å². The molecule has 2 rings (SSSR count). The lowest BCUT2D eigenvalue weighted by molar-refractivity contribution is 0.0687. The minimum Gasteiger partial charge on any atom is -0.477 e. The van der Waals surface area contributed by atoms with Crippen molar-refractivity contribution in [2.45, 2.75) is 19.8 Å². The average Bonchev–Trinajstić information content (AvgIpc) is 2.59. The molecule has 84 valence electrons. The van der Waals surface area contributed by atoms with Gasteiger partial charge in [-0.25, -0.2) is 14.3 Å². The smallest absolute Gasteiger partial charge is 0.354 e. The highest BCUT2D eigenvalue weighted by atomic mass is 16.4. The largest absolute Gasteiger partial charge is 0.477 e. The van der Waals surface area contributed by atoms with Crippen molar-refractivity contribution < 1.29 is 9.90 Å². The molecule has 6 heteroatoms. The van der Waals surface area contributed by atoms with Crippen molar-refractivity contribution in [3.05, 3.63) is 23.7 Å². The van der Waals surface area contributed by atoms with Gasteiger partial charge < -0.3 is 10.8 Å². The van der Waals surface area contributed by atoms with E-state index < -0.39 is 5.97 Å². The molecule has 0 aliphatic heterocycles. The Kier molecular flexibility index (Phi) is 2.26. The Hall–Kier alpha value is -2.11. The number of hydrogen-bond acceptors (Lipinski definition) is 4. The molecule has 0 saturated carbocycles. The number of nitrogen functional groups attached to an aromatic ring is 1. The summed E-state index contributed by atoms with van der Waals surface area (Å²) < 4.78 is 1.24. The highest BCUT2D eigenvalue weighted by Crippen LogP contribution is 2.18. The number of nitrogens with two attached hydrogens (primary N) is 1. The van der Waals surface area contributed by atoms with Crippen LogP contribution in [0.2, 0.25) is 0 Å². The molecule has 0 spiro atoms. The Morgan fingerprint density at radius 3 is 2.81 bits per heavy atom. The van der Waals surface area contributed by atoms with E-state index in [1.54, 1.807) is 0 Å². The van der Waals surface area contributed by atoms with Gasteiger partial charge in [0.05, 0.1) is 11.9 Å². The molecule has 2 heterocycles. The second-order valence-electron chi connectivity index (χ2n) is 3.86. The van der Waals surface area contributed by atoms with E-state index in [1.807, 2.05) is 13.8 Å². The molecule has 0 aliphatic carbocycles. The monoisotopic (exact) mass is 220 g/mol. The molecule has 0 amide bonds. The van der Waals surface area contributed by atoms with E-state index in [0.717, 1.165) is 0 Å². The molecule has 0 saturated heterocycles. The zero-order chi connectivity index (χ0) is 11.9. The Labute approximate surface area is 91.7 Å². The van der Waals surface area contributed by atoms with Gasteiger partial charge in [0.15, 0.2) is 11.3 Å². The van der Waals surface area contributed by atoms with Crippen LogP contribution >= 0.6 is 0 Å². The lowest BCUT2D eigenvalue weighted by Gasteiger charge is -2.07. The third kappa shape index (κ3) is 1.48. The van der Waals surface area contributed by atoms with E-state index in [2.05, 4.69) is 10.1 Å². The van der Waals surface area contributed by atoms with Crippen molar-refractivity contribution in [1.82, 2.24) is 14.6 Å². The number of aromatic carboxylic acids is 1. The summed E-state index contributed by atoms with van der Waals surface area (Å²) in [6.07, 6.45) is 1.40. The third-order valence-corrected chi connectivity index (χ3v) is 2.33. The van der Waals surface area contributed by atoms with E-state index >= 15 is 0 Å². The van der Waals surface area contributed by atoms with Crippen LogP contribution in [0.15, 0.2) is 12.3 Å². The Bertz CT molecular complexity index is 559. The van der Waals surface area contributed by atoms with Crippen LogP contribution in [-0.2, 0) is 0 Å². The minimum atomic E-state index is -1.04. The quantitative estimate of drug-likeness (QED) is 0.791. The number of carboxylic acids is 1. The van der Waals surface area contributed by atoms with Crippen LogP contribution in [0, 0.1) is 0 Å². The van der Waals surface area contributed by atoms with Crippen molar-refractivity contribution in [1.29, 1.82) is 0 Å². The van der Waals surface area contributed by atoms with E-state index in [1.165, 1.54) is 16.8 Å². The number of fused-ring (bicyclic) bond motifs is 1. The molecule has 0 unspecified atom stereocenters. The lowest BCUT2D eigenvalue weighted by atomic mass is 10.1. The Balaban J connectivity index is 2.81. The molecule has 2 aromatic rings. The van der Waals surface area contributed by atoms with Gasteiger partial charge in [0.2, 0.25) is 0 Å². The molecule has 0 fully saturated rings. The number of aromatic nitrogens is 3. The van der Waals surface area contributed by atoms with Gasteiger partial charge in [-0.1, -0.05) is 13.8 Å². The first-order valence-electron chi connectivity index (χ1n) is 4.88. The Morgan fingerprint density at radius 1 is 1.56 bits per heavy atom. The molecule has 0 bridgehead atoms. The van der Waals surface area contributed by atoms with Crippen molar-refractivity contribution >= 4 is 17.3 Å². The zero-order valence-corrected chi connectivity index (χ0v) is 9.01. The topological polar surface area (TPSA) is 93.5 Å². The zero-order valence-electron chi connectivity index (χ0n) is 9.01. The molecule has 0 aliphatic rings. The van der Waals surface area contributed by atoms with Crippen LogP contribution in [0.3, 0.4) is 0 Å². The summed E-state index contributed by atoms with van der Waals surface area (Å²) >= 11 is 0. The average molecular weight is 220 g/mol. The first kappa shape index (κ1) is 10.4. The number of anilines is 1. The van der Waals surface area contributed by atoms with Gasteiger partial charge in [0.25, 0.3) is 0 Å². The molecular weight excluding hydrogens is 208 g/mol. The standard InChI is InChI=1S/C10H12N4O2/c1-5(2)7-3-8(10(15)16)14-9(13-7)6(11)4-12-14/h3-5H,11H2,1-2H3,(H,15,16). The van der Waals surface area contributed by atoms with Crippen LogP contribution in [0.4, 0.5) is 5.69 Å². The first-order chi connectivity index (χ1) is 7.50. The second-order valence-corrected chi connectivity index (χ2v) is 3.86. The summed E-state index contributed by atoms with van der Waals surface area (Å²) in [4.78, 5) is 15.4. The van der Waals surface area contributed by atoms with E-state index in [0.29, 0.717) is 17.0 Å². The fourth-order valence-corrected chi connectivity index (χ4v) is 1.45. The summed E-state index contributed by atoms with van der Waals surface area (Å²) in [6.45, 7) is 3.88. The van der Waals surface area contributed by atoms with Crippen LogP contribution < -0.4 is 5.73 Å². The Morgan fingerprint density at radius 2 is 2.25 bits per heavy atom. The summed E-state index contributed by atoms with van der Waals surface area (Å²) in [7, 11) is 0. The third-order valence-electron chi connectivity index (χ3n) is 2.33. The van der Waals surface area contributed by atoms with Crippen molar-refractivity contribution in [2.75, 3.05) is 5.73 Å². The molecular formula is C10H12N4O2. The summed E-state index contributed by atoms with van der Waals surface area (Å²) in [5.41, 5.74) is 7.21. The SMILES string of the molecule is CC(C)c1cc(C(=O)O)n2ncc(N)c2n1.